The summed E-state index contributed by atoms with van der Waals surface area (Å²) in [6.45, 7) is 0.125. The van der Waals surface area contributed by atoms with Gasteiger partial charge in [-0.15, -0.1) is 0 Å². The van der Waals surface area contributed by atoms with Crippen LogP contribution in [0.4, 0.5) is 14.5 Å². The standard InChI is InChI=1S/C22H23F2N3O4S/c23-17-5-3-6-18(24)21(17)32(30,31)27-12-10-26(11-13-27)20(28)9-8-16-14-15-4-1-2-7-19(15)25-22(16)29/h1-7,16H,8-14H2,(H,25,29). The summed E-state index contributed by atoms with van der Waals surface area (Å²) < 4.78 is 54.3. The number of hydrogen-bond donors (Lipinski definition) is 1. The molecule has 0 aliphatic carbocycles. The molecule has 4 rings (SSSR count). The highest BCUT2D eigenvalue weighted by atomic mass is 32.2. The average Bonchev–Trinajstić information content (AvgIpc) is 2.77. The van der Waals surface area contributed by atoms with Crippen molar-refractivity contribution >= 4 is 27.5 Å². The van der Waals surface area contributed by atoms with Crippen LogP contribution in [0, 0.1) is 17.6 Å². The largest absolute Gasteiger partial charge is 0.340 e. The fourth-order valence-corrected chi connectivity index (χ4v) is 5.67. The van der Waals surface area contributed by atoms with Gasteiger partial charge in [-0.3, -0.25) is 9.59 Å². The molecule has 1 fully saturated rings. The van der Waals surface area contributed by atoms with Gasteiger partial charge in [0.1, 0.15) is 11.6 Å². The Bertz CT molecular complexity index is 1130. The van der Waals surface area contributed by atoms with Gasteiger partial charge in [0.15, 0.2) is 4.90 Å². The number of piperazine rings is 1. The molecule has 2 amide bonds. The van der Waals surface area contributed by atoms with E-state index >= 15 is 0 Å². The molecule has 1 N–H and O–H groups in total. The van der Waals surface area contributed by atoms with E-state index in [2.05, 4.69) is 5.32 Å². The lowest BCUT2D eigenvalue weighted by Gasteiger charge is -2.34. The van der Waals surface area contributed by atoms with Gasteiger partial charge in [-0.25, -0.2) is 17.2 Å². The molecule has 2 heterocycles. The Morgan fingerprint density at radius 1 is 1.00 bits per heavy atom. The van der Waals surface area contributed by atoms with Crippen LogP contribution in [0.15, 0.2) is 47.4 Å². The Balaban J connectivity index is 1.33. The van der Waals surface area contributed by atoms with Gasteiger partial charge in [0, 0.05) is 44.2 Å². The number of carbonyl (C=O) groups excluding carboxylic acids is 2. The third-order valence-corrected chi connectivity index (χ3v) is 7.88. The van der Waals surface area contributed by atoms with E-state index in [0.29, 0.717) is 12.8 Å². The predicted octanol–water partition coefficient (Wildman–Crippen LogP) is 2.39. The van der Waals surface area contributed by atoms with E-state index < -0.39 is 26.6 Å². The minimum Gasteiger partial charge on any atom is -0.340 e. The minimum absolute atomic E-state index is 0.0564. The molecule has 2 aliphatic rings. The first-order valence-electron chi connectivity index (χ1n) is 10.4. The number of fused-ring (bicyclic) bond motifs is 1. The number of carbonyl (C=O) groups is 2. The molecule has 0 saturated carbocycles. The monoisotopic (exact) mass is 463 g/mol. The highest BCUT2D eigenvalue weighted by Gasteiger charge is 2.34. The second kappa shape index (κ2) is 8.95. The summed E-state index contributed by atoms with van der Waals surface area (Å²) >= 11 is 0. The minimum atomic E-state index is -4.35. The van der Waals surface area contributed by atoms with Crippen molar-refractivity contribution in [2.75, 3.05) is 31.5 Å². The summed E-state index contributed by atoms with van der Waals surface area (Å²) in [6, 6.07) is 10.4. The zero-order chi connectivity index (χ0) is 22.9. The highest BCUT2D eigenvalue weighted by Crippen LogP contribution is 2.28. The third-order valence-electron chi connectivity index (χ3n) is 5.93. The first kappa shape index (κ1) is 22.3. The lowest BCUT2D eigenvalue weighted by Crippen LogP contribution is -2.50. The summed E-state index contributed by atoms with van der Waals surface area (Å²) in [7, 11) is -4.35. The molecular formula is C22H23F2N3O4S. The molecule has 1 atom stereocenters. The fourth-order valence-electron chi connectivity index (χ4n) is 4.14. The molecule has 32 heavy (non-hydrogen) atoms. The normalized spacial score (nSPS) is 19.4. The molecule has 1 unspecified atom stereocenters. The highest BCUT2D eigenvalue weighted by molar-refractivity contribution is 7.89. The molecule has 2 aromatic carbocycles. The van der Waals surface area contributed by atoms with E-state index in [-0.39, 0.29) is 50.3 Å². The Labute approximate surface area is 185 Å². The summed E-state index contributed by atoms with van der Waals surface area (Å²) in [4.78, 5) is 25.5. The van der Waals surface area contributed by atoms with Crippen LogP contribution in [0.2, 0.25) is 0 Å². The van der Waals surface area contributed by atoms with Crippen molar-refractivity contribution in [1.29, 1.82) is 0 Å². The number of anilines is 1. The average molecular weight is 464 g/mol. The molecule has 2 aliphatic heterocycles. The summed E-state index contributed by atoms with van der Waals surface area (Å²) in [5.74, 6) is -2.88. The van der Waals surface area contributed by atoms with Crippen LogP contribution in [0.5, 0.6) is 0 Å². The number of sulfonamides is 1. The summed E-state index contributed by atoms with van der Waals surface area (Å²) in [6.07, 6.45) is 1.11. The molecule has 0 bridgehead atoms. The second-order valence-corrected chi connectivity index (χ2v) is 9.80. The summed E-state index contributed by atoms with van der Waals surface area (Å²) in [5.41, 5.74) is 1.83. The molecule has 0 aromatic heterocycles. The van der Waals surface area contributed by atoms with Crippen molar-refractivity contribution in [3.63, 3.8) is 0 Å². The third kappa shape index (κ3) is 4.37. The predicted molar refractivity (Wildman–Crippen MR) is 113 cm³/mol. The SMILES string of the molecule is O=C1Nc2ccccc2CC1CCC(=O)N1CCN(S(=O)(=O)c2c(F)cccc2F)CC1. The van der Waals surface area contributed by atoms with Crippen LogP contribution < -0.4 is 5.32 Å². The number of para-hydroxylation sites is 1. The summed E-state index contributed by atoms with van der Waals surface area (Å²) in [5, 5.41) is 2.86. The van der Waals surface area contributed by atoms with Crippen molar-refractivity contribution in [1.82, 2.24) is 9.21 Å². The number of nitrogens with zero attached hydrogens (tertiary/aromatic N) is 2. The molecule has 0 spiro atoms. The topological polar surface area (TPSA) is 86.8 Å². The van der Waals surface area contributed by atoms with E-state index in [1.54, 1.807) is 0 Å². The van der Waals surface area contributed by atoms with Crippen molar-refractivity contribution < 1.29 is 26.8 Å². The maximum Gasteiger partial charge on any atom is 0.249 e. The number of amides is 2. The van der Waals surface area contributed by atoms with Gasteiger partial charge in [-0.05, 0) is 36.6 Å². The zero-order valence-corrected chi connectivity index (χ0v) is 18.1. The Morgan fingerprint density at radius 2 is 1.66 bits per heavy atom. The van der Waals surface area contributed by atoms with E-state index in [0.717, 1.165) is 33.8 Å². The van der Waals surface area contributed by atoms with E-state index in [9.17, 15) is 26.8 Å². The van der Waals surface area contributed by atoms with Crippen molar-refractivity contribution in [2.24, 2.45) is 5.92 Å². The first-order valence-corrected chi connectivity index (χ1v) is 11.8. The zero-order valence-electron chi connectivity index (χ0n) is 17.3. The van der Waals surface area contributed by atoms with E-state index in [1.807, 2.05) is 24.3 Å². The van der Waals surface area contributed by atoms with Gasteiger partial charge in [-0.2, -0.15) is 4.31 Å². The van der Waals surface area contributed by atoms with E-state index in [4.69, 9.17) is 0 Å². The van der Waals surface area contributed by atoms with Crippen molar-refractivity contribution in [2.45, 2.75) is 24.2 Å². The van der Waals surface area contributed by atoms with Crippen LogP contribution in [0.1, 0.15) is 18.4 Å². The molecule has 170 valence electrons. The van der Waals surface area contributed by atoms with Gasteiger partial charge < -0.3 is 10.2 Å². The number of rotatable bonds is 5. The number of nitrogens with one attached hydrogen (secondary N) is 1. The quantitative estimate of drug-likeness (QED) is 0.738. The Kier molecular flexibility index (Phi) is 6.25. The van der Waals surface area contributed by atoms with Gasteiger partial charge in [0.05, 0.1) is 0 Å². The van der Waals surface area contributed by atoms with Gasteiger partial charge in [0.25, 0.3) is 0 Å². The number of halogens is 2. The van der Waals surface area contributed by atoms with Gasteiger partial charge in [-0.1, -0.05) is 24.3 Å². The fraction of sp³-hybridized carbons (Fsp3) is 0.364. The van der Waals surface area contributed by atoms with Crippen LogP contribution in [-0.2, 0) is 26.0 Å². The Morgan fingerprint density at radius 3 is 2.34 bits per heavy atom. The van der Waals surface area contributed by atoms with Crippen molar-refractivity contribution in [3.05, 3.63) is 59.7 Å². The van der Waals surface area contributed by atoms with Crippen LogP contribution in [0.3, 0.4) is 0 Å². The van der Waals surface area contributed by atoms with Crippen LogP contribution in [-0.4, -0.2) is 55.6 Å². The molecular weight excluding hydrogens is 440 g/mol. The molecule has 7 nitrogen and oxygen atoms in total. The Hall–Kier alpha value is -2.85. The number of hydrogen-bond acceptors (Lipinski definition) is 4. The molecule has 1 saturated heterocycles. The molecule has 0 radical (unpaired) electrons. The lowest BCUT2D eigenvalue weighted by molar-refractivity contribution is -0.133. The molecule has 10 heteroatoms. The van der Waals surface area contributed by atoms with Crippen LogP contribution >= 0.6 is 0 Å². The van der Waals surface area contributed by atoms with Gasteiger partial charge in [0.2, 0.25) is 21.8 Å². The first-order chi connectivity index (χ1) is 15.3. The smallest absolute Gasteiger partial charge is 0.249 e. The van der Waals surface area contributed by atoms with Gasteiger partial charge >= 0.3 is 0 Å². The lowest BCUT2D eigenvalue weighted by atomic mass is 9.89. The van der Waals surface area contributed by atoms with Crippen LogP contribution in [0.25, 0.3) is 0 Å². The maximum absolute atomic E-state index is 14.0. The molecule has 2 aromatic rings. The van der Waals surface area contributed by atoms with Crippen molar-refractivity contribution in [3.8, 4) is 0 Å². The maximum atomic E-state index is 14.0. The second-order valence-electron chi connectivity index (χ2n) is 7.92. The van der Waals surface area contributed by atoms with E-state index in [1.165, 1.54) is 4.90 Å². The number of benzene rings is 2.